The summed E-state index contributed by atoms with van der Waals surface area (Å²) in [5.41, 5.74) is 0. The smallest absolute Gasteiger partial charge is 0.192 e. The molecule has 0 aromatic heterocycles. The van der Waals surface area contributed by atoms with Gasteiger partial charge < -0.3 is 9.53 Å². The summed E-state index contributed by atoms with van der Waals surface area (Å²) < 4.78 is 6.07. The van der Waals surface area contributed by atoms with Crippen LogP contribution in [-0.4, -0.2) is 26.1 Å². The molecule has 0 aromatic rings. The van der Waals surface area contributed by atoms with Crippen LogP contribution in [0.15, 0.2) is 0 Å². The van der Waals surface area contributed by atoms with Crippen molar-refractivity contribution in [1.29, 1.82) is 0 Å². The molecule has 0 aliphatic rings. The Morgan fingerprint density at radius 1 is 0.905 bits per heavy atom. The number of hydrogen-bond acceptors (Lipinski definition) is 2. The fraction of sp³-hybridized carbons (Fsp3) is 1.00. The molecule has 0 aromatic carbocycles. The van der Waals surface area contributed by atoms with E-state index in [2.05, 4.69) is 40.8 Å². The first-order chi connectivity index (χ1) is 9.70. The Labute approximate surface area is 134 Å². The molecule has 0 saturated heterocycles. The van der Waals surface area contributed by atoms with Crippen LogP contribution in [0.5, 0.6) is 0 Å². The monoisotopic (exact) mass is 316 g/mol. The molecular weight excluding hydrogens is 276 g/mol. The van der Waals surface area contributed by atoms with Crippen molar-refractivity contribution in [2.75, 3.05) is 6.61 Å². The Bertz CT molecular complexity index is 246. The molecule has 21 heavy (non-hydrogen) atoms. The highest BCUT2D eigenvalue weighted by Crippen LogP contribution is 2.36. The fourth-order valence-electron chi connectivity index (χ4n) is 2.12. The van der Waals surface area contributed by atoms with Gasteiger partial charge in [-0.2, -0.15) is 0 Å². The van der Waals surface area contributed by atoms with Gasteiger partial charge in [0.2, 0.25) is 0 Å². The molecule has 0 aliphatic heterocycles. The number of aliphatic hydroxyl groups excluding tert-OH is 1. The molecule has 0 bridgehead atoms. The molecule has 0 amide bonds. The fourth-order valence-corrected chi connectivity index (χ4v) is 3.16. The maximum absolute atomic E-state index is 10.0. The highest BCUT2D eigenvalue weighted by molar-refractivity contribution is 6.74. The van der Waals surface area contributed by atoms with Gasteiger partial charge in [-0.25, -0.2) is 0 Å². The van der Waals surface area contributed by atoms with Crippen LogP contribution in [0.2, 0.25) is 18.1 Å². The maximum Gasteiger partial charge on any atom is 0.192 e. The van der Waals surface area contributed by atoms with Crippen molar-refractivity contribution in [2.24, 2.45) is 0 Å². The van der Waals surface area contributed by atoms with Crippen LogP contribution in [0.4, 0.5) is 0 Å². The summed E-state index contributed by atoms with van der Waals surface area (Å²) in [7, 11) is -1.70. The molecule has 3 heteroatoms. The Morgan fingerprint density at radius 2 is 1.38 bits per heavy atom. The summed E-state index contributed by atoms with van der Waals surface area (Å²) in [6.45, 7) is 14.0. The molecule has 0 saturated carbocycles. The predicted molar refractivity (Wildman–Crippen MR) is 96.4 cm³/mol. The number of rotatable bonds is 12. The third-order valence-electron chi connectivity index (χ3n) is 4.83. The summed E-state index contributed by atoms with van der Waals surface area (Å²) in [4.78, 5) is 0. The largest absolute Gasteiger partial charge is 0.414 e. The first kappa shape index (κ1) is 21.1. The molecule has 1 atom stereocenters. The topological polar surface area (TPSA) is 29.5 Å². The van der Waals surface area contributed by atoms with Crippen molar-refractivity contribution in [3.05, 3.63) is 0 Å². The lowest BCUT2D eigenvalue weighted by atomic mass is 10.1. The van der Waals surface area contributed by atoms with E-state index in [1.165, 1.54) is 44.9 Å². The average Bonchev–Trinajstić information content (AvgIpc) is 2.38. The van der Waals surface area contributed by atoms with Crippen LogP contribution < -0.4 is 0 Å². The van der Waals surface area contributed by atoms with Gasteiger partial charge in [0.15, 0.2) is 8.32 Å². The van der Waals surface area contributed by atoms with Gasteiger partial charge in [0, 0.05) is 0 Å². The Balaban J connectivity index is 3.57. The quantitative estimate of drug-likeness (QED) is 0.359. The van der Waals surface area contributed by atoms with E-state index in [-0.39, 0.29) is 11.1 Å². The number of hydrogen-bond donors (Lipinski definition) is 1. The van der Waals surface area contributed by atoms with E-state index >= 15 is 0 Å². The minimum absolute atomic E-state index is 0.227. The molecule has 0 aliphatic carbocycles. The number of unbranched alkanes of at least 4 members (excludes halogenated alkanes) is 7. The second-order valence-corrected chi connectivity index (χ2v) is 12.8. The molecule has 0 unspecified atom stereocenters. The highest BCUT2D eigenvalue weighted by Gasteiger charge is 2.37. The van der Waals surface area contributed by atoms with Crippen LogP contribution in [-0.2, 0) is 4.43 Å². The molecule has 0 heterocycles. The summed E-state index contributed by atoms with van der Waals surface area (Å²) in [5, 5.41) is 10.3. The first-order valence-corrected chi connectivity index (χ1v) is 11.9. The van der Waals surface area contributed by atoms with E-state index in [4.69, 9.17) is 4.43 Å². The van der Waals surface area contributed by atoms with Crippen molar-refractivity contribution >= 4 is 8.32 Å². The molecule has 1 N–H and O–H groups in total. The Hall–Kier alpha value is 0.137. The van der Waals surface area contributed by atoms with Gasteiger partial charge in [-0.3, -0.25) is 0 Å². The lowest BCUT2D eigenvalue weighted by Crippen LogP contribution is -2.42. The van der Waals surface area contributed by atoms with Gasteiger partial charge in [0.25, 0.3) is 0 Å². The highest BCUT2D eigenvalue weighted by atomic mass is 28.4. The van der Waals surface area contributed by atoms with Crippen LogP contribution in [0.25, 0.3) is 0 Å². The summed E-state index contributed by atoms with van der Waals surface area (Å²) in [6.07, 6.45) is 11.1. The van der Waals surface area contributed by atoms with Crippen molar-refractivity contribution in [1.82, 2.24) is 0 Å². The zero-order valence-electron chi connectivity index (χ0n) is 15.5. The average molecular weight is 317 g/mol. The van der Waals surface area contributed by atoms with Crippen molar-refractivity contribution in [2.45, 2.75) is 110 Å². The van der Waals surface area contributed by atoms with Crippen LogP contribution in [0, 0.1) is 0 Å². The summed E-state index contributed by atoms with van der Waals surface area (Å²) in [5.74, 6) is 0. The molecule has 0 rings (SSSR count). The minimum atomic E-state index is -1.70. The van der Waals surface area contributed by atoms with Gasteiger partial charge in [-0.1, -0.05) is 79.1 Å². The van der Waals surface area contributed by atoms with Gasteiger partial charge >= 0.3 is 0 Å². The lowest BCUT2D eigenvalue weighted by molar-refractivity contribution is 0.0905. The third kappa shape index (κ3) is 10.5. The van der Waals surface area contributed by atoms with Crippen molar-refractivity contribution in [3.63, 3.8) is 0 Å². The van der Waals surface area contributed by atoms with Crippen LogP contribution >= 0.6 is 0 Å². The zero-order valence-corrected chi connectivity index (χ0v) is 16.5. The Kier molecular flexibility index (Phi) is 10.9. The summed E-state index contributed by atoms with van der Waals surface area (Å²) >= 11 is 0. The summed E-state index contributed by atoms with van der Waals surface area (Å²) in [6, 6.07) is 0. The van der Waals surface area contributed by atoms with E-state index in [0.29, 0.717) is 6.61 Å². The standard InChI is InChI=1S/C18H40O2Si/c1-7-8-9-10-11-12-13-14-15-17(19)16-20-21(5,6)18(2,3)4/h17,19H,7-16H2,1-6H3/t17-/m0/s1. The van der Waals surface area contributed by atoms with Crippen molar-refractivity contribution in [3.8, 4) is 0 Å². The Morgan fingerprint density at radius 3 is 1.86 bits per heavy atom. The van der Waals surface area contributed by atoms with Gasteiger partial charge in [0.05, 0.1) is 12.7 Å². The molecule has 128 valence electrons. The van der Waals surface area contributed by atoms with Gasteiger partial charge in [-0.05, 0) is 24.6 Å². The van der Waals surface area contributed by atoms with Crippen LogP contribution in [0.3, 0.4) is 0 Å². The first-order valence-electron chi connectivity index (χ1n) is 9.02. The zero-order chi connectivity index (χ0) is 16.4. The minimum Gasteiger partial charge on any atom is -0.414 e. The van der Waals surface area contributed by atoms with Gasteiger partial charge in [-0.15, -0.1) is 0 Å². The van der Waals surface area contributed by atoms with E-state index < -0.39 is 8.32 Å². The number of aliphatic hydroxyl groups is 1. The molecule has 0 fully saturated rings. The molecular formula is C18H40O2Si. The SMILES string of the molecule is CCCCCCCCCC[C@H](O)CO[Si](C)(C)C(C)(C)C. The van der Waals surface area contributed by atoms with Crippen molar-refractivity contribution < 1.29 is 9.53 Å². The van der Waals surface area contributed by atoms with E-state index in [1.807, 2.05) is 0 Å². The maximum atomic E-state index is 10.0. The van der Waals surface area contributed by atoms with Crippen LogP contribution in [0.1, 0.15) is 85.5 Å². The van der Waals surface area contributed by atoms with Gasteiger partial charge in [0.1, 0.15) is 0 Å². The molecule has 0 radical (unpaired) electrons. The predicted octanol–water partition coefficient (Wildman–Crippen LogP) is 5.90. The normalized spacial score (nSPS) is 14.4. The third-order valence-corrected chi connectivity index (χ3v) is 9.33. The second kappa shape index (κ2) is 10.8. The van der Waals surface area contributed by atoms with E-state index in [9.17, 15) is 5.11 Å². The van der Waals surface area contributed by atoms with E-state index in [1.54, 1.807) is 0 Å². The molecule has 2 nitrogen and oxygen atoms in total. The lowest BCUT2D eigenvalue weighted by Gasteiger charge is -2.36. The van der Waals surface area contributed by atoms with E-state index in [0.717, 1.165) is 12.8 Å². The molecule has 0 spiro atoms. The second-order valence-electron chi connectivity index (χ2n) is 7.99.